The number of halogens is 2. The third-order valence-corrected chi connectivity index (χ3v) is 5.63. The summed E-state index contributed by atoms with van der Waals surface area (Å²) in [5.41, 5.74) is 2.76. The van der Waals surface area contributed by atoms with Crippen LogP contribution in [0.2, 0.25) is 4.34 Å². The van der Waals surface area contributed by atoms with Crippen molar-refractivity contribution in [1.29, 1.82) is 0 Å². The minimum Gasteiger partial charge on any atom is -0.383 e. The van der Waals surface area contributed by atoms with E-state index in [1.807, 2.05) is 43.3 Å². The van der Waals surface area contributed by atoms with Crippen LogP contribution in [-0.2, 0) is 0 Å². The molecule has 3 aromatic rings. The van der Waals surface area contributed by atoms with Crippen LogP contribution in [0.25, 0.3) is 10.9 Å². The predicted octanol–water partition coefficient (Wildman–Crippen LogP) is 5.10. The minimum absolute atomic E-state index is 0.650. The first-order chi connectivity index (χ1) is 9.54. The Morgan fingerprint density at radius 1 is 1.25 bits per heavy atom. The zero-order chi connectivity index (χ0) is 14.3. The molecule has 1 unspecified atom stereocenters. The second-order valence-electron chi connectivity index (χ2n) is 4.58. The molecule has 0 radical (unpaired) electrons. The summed E-state index contributed by atoms with van der Waals surface area (Å²) in [4.78, 5) is 5.28. The average Bonchev–Trinajstić information content (AvgIpc) is 2.77. The number of benzene rings is 1. The summed E-state index contributed by atoms with van der Waals surface area (Å²) in [5, 5.41) is 11.5. The standard InChI is InChI=1S/C15H11BrClNOS/c1-8-2-3-9-6-10(4-5-12(9)18-8)14(19)13-7-11(16)15(17)20-13/h2-7,14,19H,1H3. The summed E-state index contributed by atoms with van der Waals surface area (Å²) >= 11 is 10.8. The van der Waals surface area contributed by atoms with Crippen molar-refractivity contribution in [2.24, 2.45) is 0 Å². The first-order valence-corrected chi connectivity index (χ1v) is 8.03. The second-order valence-corrected chi connectivity index (χ2v) is 7.12. The molecule has 3 rings (SSSR count). The van der Waals surface area contributed by atoms with Gasteiger partial charge in [-0.2, -0.15) is 0 Å². The number of aliphatic hydroxyl groups excluding tert-OH is 1. The maximum Gasteiger partial charge on any atom is 0.113 e. The van der Waals surface area contributed by atoms with E-state index in [0.717, 1.165) is 31.5 Å². The van der Waals surface area contributed by atoms with Crippen LogP contribution in [0, 0.1) is 6.92 Å². The summed E-state index contributed by atoms with van der Waals surface area (Å²) in [5.74, 6) is 0. The summed E-state index contributed by atoms with van der Waals surface area (Å²) in [6.45, 7) is 1.97. The number of fused-ring (bicyclic) bond motifs is 1. The van der Waals surface area contributed by atoms with Crippen LogP contribution in [0.1, 0.15) is 22.2 Å². The molecule has 102 valence electrons. The molecule has 0 bridgehead atoms. The topological polar surface area (TPSA) is 33.1 Å². The van der Waals surface area contributed by atoms with E-state index in [-0.39, 0.29) is 0 Å². The van der Waals surface area contributed by atoms with Crippen molar-refractivity contribution in [3.8, 4) is 0 Å². The number of hydrogen-bond acceptors (Lipinski definition) is 3. The van der Waals surface area contributed by atoms with Gasteiger partial charge in [0.1, 0.15) is 10.4 Å². The molecule has 1 aromatic carbocycles. The van der Waals surface area contributed by atoms with E-state index in [0.29, 0.717) is 4.34 Å². The van der Waals surface area contributed by atoms with Gasteiger partial charge in [0.2, 0.25) is 0 Å². The van der Waals surface area contributed by atoms with Crippen molar-refractivity contribution >= 4 is 49.8 Å². The van der Waals surface area contributed by atoms with E-state index in [1.165, 1.54) is 11.3 Å². The van der Waals surface area contributed by atoms with Gasteiger partial charge in [0, 0.05) is 20.4 Å². The van der Waals surface area contributed by atoms with E-state index < -0.39 is 6.10 Å². The monoisotopic (exact) mass is 367 g/mol. The van der Waals surface area contributed by atoms with Crippen LogP contribution in [0.4, 0.5) is 0 Å². The molecule has 5 heteroatoms. The lowest BCUT2D eigenvalue weighted by molar-refractivity contribution is 0.224. The Bertz CT molecular complexity index is 767. The Morgan fingerprint density at radius 3 is 2.75 bits per heavy atom. The van der Waals surface area contributed by atoms with Crippen LogP contribution in [0.3, 0.4) is 0 Å². The predicted molar refractivity (Wildman–Crippen MR) is 87.6 cm³/mol. The maximum absolute atomic E-state index is 10.5. The van der Waals surface area contributed by atoms with Gasteiger partial charge < -0.3 is 5.11 Å². The molecule has 0 fully saturated rings. The first kappa shape index (κ1) is 14.0. The van der Waals surface area contributed by atoms with Gasteiger partial charge in [-0.15, -0.1) is 11.3 Å². The van der Waals surface area contributed by atoms with Crippen molar-refractivity contribution in [3.05, 3.63) is 61.3 Å². The zero-order valence-corrected chi connectivity index (χ0v) is 13.8. The molecule has 0 aliphatic heterocycles. The number of pyridine rings is 1. The highest BCUT2D eigenvalue weighted by molar-refractivity contribution is 9.10. The summed E-state index contributed by atoms with van der Waals surface area (Å²) in [6.07, 6.45) is -0.672. The molecule has 2 nitrogen and oxygen atoms in total. The summed E-state index contributed by atoms with van der Waals surface area (Å²) in [7, 11) is 0. The van der Waals surface area contributed by atoms with Crippen molar-refractivity contribution in [2.45, 2.75) is 13.0 Å². The molecule has 0 spiro atoms. The number of aromatic nitrogens is 1. The van der Waals surface area contributed by atoms with Crippen LogP contribution in [0.5, 0.6) is 0 Å². The highest BCUT2D eigenvalue weighted by Crippen LogP contribution is 2.37. The highest BCUT2D eigenvalue weighted by Gasteiger charge is 2.15. The van der Waals surface area contributed by atoms with E-state index in [4.69, 9.17) is 11.6 Å². The third kappa shape index (κ3) is 2.61. The Kier molecular flexibility index (Phi) is 3.82. The fourth-order valence-electron chi connectivity index (χ4n) is 2.08. The van der Waals surface area contributed by atoms with Crippen LogP contribution in [-0.4, -0.2) is 10.1 Å². The van der Waals surface area contributed by atoms with Crippen molar-refractivity contribution in [1.82, 2.24) is 4.98 Å². The number of nitrogens with zero attached hydrogens (tertiary/aromatic N) is 1. The Balaban J connectivity index is 2.03. The number of rotatable bonds is 2. The van der Waals surface area contributed by atoms with E-state index in [9.17, 15) is 5.11 Å². The Hall–Kier alpha value is -0.940. The number of hydrogen-bond donors (Lipinski definition) is 1. The smallest absolute Gasteiger partial charge is 0.113 e. The van der Waals surface area contributed by atoms with Crippen LogP contribution < -0.4 is 0 Å². The third-order valence-electron chi connectivity index (χ3n) is 3.10. The van der Waals surface area contributed by atoms with Gasteiger partial charge >= 0.3 is 0 Å². The van der Waals surface area contributed by atoms with Gasteiger partial charge in [0.05, 0.1) is 5.52 Å². The van der Waals surface area contributed by atoms with Crippen molar-refractivity contribution in [3.63, 3.8) is 0 Å². The van der Waals surface area contributed by atoms with Crippen molar-refractivity contribution in [2.75, 3.05) is 0 Å². The van der Waals surface area contributed by atoms with Crippen molar-refractivity contribution < 1.29 is 5.11 Å². The molecule has 2 aromatic heterocycles. The lowest BCUT2D eigenvalue weighted by Crippen LogP contribution is -1.97. The lowest BCUT2D eigenvalue weighted by Gasteiger charge is -2.10. The minimum atomic E-state index is -0.672. The highest BCUT2D eigenvalue weighted by atomic mass is 79.9. The summed E-state index contributed by atoms with van der Waals surface area (Å²) < 4.78 is 1.47. The van der Waals surface area contributed by atoms with Crippen LogP contribution >= 0.6 is 38.9 Å². The molecule has 0 saturated carbocycles. The normalized spacial score (nSPS) is 12.8. The Morgan fingerprint density at radius 2 is 2.05 bits per heavy atom. The summed E-state index contributed by atoms with van der Waals surface area (Å²) in [6, 6.07) is 11.7. The van der Waals surface area contributed by atoms with Gasteiger partial charge in [-0.25, -0.2) is 0 Å². The fourth-order valence-corrected chi connectivity index (χ4v) is 3.83. The van der Waals surface area contributed by atoms with Gasteiger partial charge in [-0.1, -0.05) is 23.7 Å². The molecule has 0 aliphatic rings. The maximum atomic E-state index is 10.5. The Labute approximate surface area is 134 Å². The van der Waals surface area contributed by atoms with Gasteiger partial charge in [-0.3, -0.25) is 4.98 Å². The number of thiophene rings is 1. The molecule has 20 heavy (non-hydrogen) atoms. The van der Waals surface area contributed by atoms with E-state index in [1.54, 1.807) is 0 Å². The first-order valence-electron chi connectivity index (χ1n) is 6.05. The second kappa shape index (κ2) is 5.45. The molecule has 2 heterocycles. The van der Waals surface area contributed by atoms with Gasteiger partial charge in [-0.05, 0) is 52.7 Å². The SMILES string of the molecule is Cc1ccc2cc(C(O)c3cc(Br)c(Cl)s3)ccc2n1. The zero-order valence-electron chi connectivity index (χ0n) is 10.6. The van der Waals surface area contributed by atoms with Crippen LogP contribution in [0.15, 0.2) is 40.9 Å². The lowest BCUT2D eigenvalue weighted by atomic mass is 10.0. The molecular formula is C15H11BrClNOS. The fraction of sp³-hybridized carbons (Fsp3) is 0.133. The number of aryl methyl sites for hydroxylation is 1. The molecular weight excluding hydrogens is 358 g/mol. The molecule has 1 atom stereocenters. The molecule has 0 saturated heterocycles. The molecule has 1 N–H and O–H groups in total. The quantitative estimate of drug-likeness (QED) is 0.682. The van der Waals surface area contributed by atoms with Gasteiger partial charge in [0.15, 0.2) is 0 Å². The largest absolute Gasteiger partial charge is 0.383 e. The number of aliphatic hydroxyl groups is 1. The van der Waals surface area contributed by atoms with Gasteiger partial charge in [0.25, 0.3) is 0 Å². The van der Waals surface area contributed by atoms with E-state index >= 15 is 0 Å². The molecule has 0 aliphatic carbocycles. The average molecular weight is 369 g/mol. The van der Waals surface area contributed by atoms with E-state index in [2.05, 4.69) is 20.9 Å². The molecule has 0 amide bonds.